The minimum atomic E-state index is -0.517. The van der Waals surface area contributed by atoms with Crippen molar-refractivity contribution in [2.45, 2.75) is 13.0 Å². The summed E-state index contributed by atoms with van der Waals surface area (Å²) in [5.41, 5.74) is 1.50. The maximum atomic E-state index is 12.6. The van der Waals surface area contributed by atoms with Crippen molar-refractivity contribution >= 4 is 11.9 Å². The second kappa shape index (κ2) is 6.70. The fraction of sp³-hybridized carbons (Fsp3) is 0.278. The number of aromatic nitrogens is 1. The lowest BCUT2D eigenvalue weighted by atomic mass is 10.0. The van der Waals surface area contributed by atoms with Gasteiger partial charge in [-0.25, -0.2) is 9.78 Å². The molecule has 1 aromatic carbocycles. The van der Waals surface area contributed by atoms with E-state index < -0.39 is 5.97 Å². The average Bonchev–Trinajstić information content (AvgIpc) is 2.56. The van der Waals surface area contributed by atoms with Crippen LogP contribution < -0.4 is 4.74 Å². The van der Waals surface area contributed by atoms with Crippen LogP contribution in [0.15, 0.2) is 42.5 Å². The van der Waals surface area contributed by atoms with Gasteiger partial charge in [0.15, 0.2) is 0 Å². The third-order valence-electron chi connectivity index (χ3n) is 3.85. The quantitative estimate of drug-likeness (QED) is 0.805. The maximum Gasteiger partial charge on any atom is 0.338 e. The van der Waals surface area contributed by atoms with Gasteiger partial charge in [-0.2, -0.15) is 0 Å². The van der Waals surface area contributed by atoms with Gasteiger partial charge < -0.3 is 14.4 Å². The highest BCUT2D eigenvalue weighted by Crippen LogP contribution is 2.20. The Hall–Kier alpha value is -2.89. The largest absolute Gasteiger partial charge is 0.471 e. The third kappa shape index (κ3) is 3.22. The molecule has 0 radical (unpaired) electrons. The van der Waals surface area contributed by atoms with E-state index in [4.69, 9.17) is 9.47 Å². The zero-order chi connectivity index (χ0) is 17.1. The maximum absolute atomic E-state index is 12.6. The van der Waals surface area contributed by atoms with Gasteiger partial charge in [0, 0.05) is 11.8 Å². The summed E-state index contributed by atoms with van der Waals surface area (Å²) in [5.74, 6) is -0.161. The smallest absolute Gasteiger partial charge is 0.338 e. The molecule has 3 rings (SSSR count). The van der Waals surface area contributed by atoms with Crippen molar-refractivity contribution in [3.63, 3.8) is 0 Å². The van der Waals surface area contributed by atoms with E-state index in [0.717, 1.165) is 5.69 Å². The molecular weight excluding hydrogens is 308 g/mol. The zero-order valence-corrected chi connectivity index (χ0v) is 13.6. The van der Waals surface area contributed by atoms with Gasteiger partial charge in [0.25, 0.3) is 5.91 Å². The van der Waals surface area contributed by atoms with Gasteiger partial charge in [0.05, 0.1) is 31.3 Å². The van der Waals surface area contributed by atoms with Crippen LogP contribution in [0.4, 0.5) is 0 Å². The Labute approximate surface area is 140 Å². The molecule has 24 heavy (non-hydrogen) atoms. The van der Waals surface area contributed by atoms with Crippen molar-refractivity contribution in [2.75, 3.05) is 20.2 Å². The molecule has 1 amide bonds. The molecule has 124 valence electrons. The minimum Gasteiger partial charge on any atom is -0.471 e. The first-order valence-corrected chi connectivity index (χ1v) is 7.65. The van der Waals surface area contributed by atoms with Crippen LogP contribution in [-0.2, 0) is 4.74 Å². The van der Waals surface area contributed by atoms with E-state index >= 15 is 0 Å². The van der Waals surface area contributed by atoms with Crippen molar-refractivity contribution in [1.82, 2.24) is 9.88 Å². The van der Waals surface area contributed by atoms with Crippen LogP contribution in [0.25, 0.3) is 0 Å². The summed E-state index contributed by atoms with van der Waals surface area (Å²) in [4.78, 5) is 30.3. The van der Waals surface area contributed by atoms with E-state index in [1.54, 1.807) is 35.2 Å². The predicted molar refractivity (Wildman–Crippen MR) is 87.1 cm³/mol. The van der Waals surface area contributed by atoms with Gasteiger partial charge in [0.2, 0.25) is 5.88 Å². The molecule has 1 saturated heterocycles. The molecule has 6 nitrogen and oxygen atoms in total. The molecule has 1 aliphatic rings. The van der Waals surface area contributed by atoms with Crippen LogP contribution in [0.1, 0.15) is 26.4 Å². The number of likely N-dealkylation sites (tertiary alicyclic amines) is 1. The van der Waals surface area contributed by atoms with Crippen molar-refractivity contribution in [2.24, 2.45) is 0 Å². The lowest BCUT2D eigenvalue weighted by Crippen LogP contribution is -2.56. The molecule has 0 bridgehead atoms. The lowest BCUT2D eigenvalue weighted by molar-refractivity contribution is 0.0157. The number of esters is 1. The molecule has 2 aromatic rings. The number of hydrogen-bond acceptors (Lipinski definition) is 5. The standard InChI is InChI=1S/C18H18N2O4/c1-12-6-5-9-16(19-12)24-13-10-20(11-13)17(21)14-7-3-4-8-15(14)18(22)23-2/h3-9,13H,10-11H2,1-2H3. The first kappa shape index (κ1) is 16.0. The summed E-state index contributed by atoms with van der Waals surface area (Å²) in [6.07, 6.45) is -0.0893. The van der Waals surface area contributed by atoms with Gasteiger partial charge in [-0.3, -0.25) is 4.79 Å². The summed E-state index contributed by atoms with van der Waals surface area (Å²) in [7, 11) is 1.30. The lowest BCUT2D eigenvalue weighted by Gasteiger charge is -2.38. The van der Waals surface area contributed by atoms with Crippen molar-refractivity contribution in [1.29, 1.82) is 0 Å². The van der Waals surface area contributed by atoms with Gasteiger partial charge >= 0.3 is 5.97 Å². The molecular formula is C18H18N2O4. The van der Waals surface area contributed by atoms with Gasteiger partial charge in [-0.1, -0.05) is 18.2 Å². The number of pyridine rings is 1. The number of methoxy groups -OCH3 is 1. The number of carbonyl (C=O) groups excluding carboxylic acids is 2. The van der Waals surface area contributed by atoms with Crippen molar-refractivity contribution in [3.8, 4) is 5.88 Å². The van der Waals surface area contributed by atoms with Gasteiger partial charge in [-0.15, -0.1) is 0 Å². The molecule has 0 saturated carbocycles. The van der Waals surface area contributed by atoms with Crippen LogP contribution >= 0.6 is 0 Å². The fourth-order valence-corrected chi connectivity index (χ4v) is 2.56. The molecule has 1 aliphatic heterocycles. The van der Waals surface area contributed by atoms with E-state index in [0.29, 0.717) is 24.5 Å². The highest BCUT2D eigenvalue weighted by molar-refractivity contribution is 6.05. The Kier molecular flexibility index (Phi) is 4.46. The first-order valence-electron chi connectivity index (χ1n) is 7.65. The number of benzene rings is 1. The Balaban J connectivity index is 1.64. The molecule has 0 aliphatic carbocycles. The van der Waals surface area contributed by atoms with E-state index in [-0.39, 0.29) is 17.6 Å². The Morgan fingerprint density at radius 2 is 1.79 bits per heavy atom. The summed E-state index contributed by atoms with van der Waals surface area (Å²) < 4.78 is 10.5. The van der Waals surface area contributed by atoms with E-state index in [2.05, 4.69) is 4.98 Å². The van der Waals surface area contributed by atoms with Crippen LogP contribution in [0.3, 0.4) is 0 Å². The first-order chi connectivity index (χ1) is 11.6. The van der Waals surface area contributed by atoms with Crippen LogP contribution in [0.2, 0.25) is 0 Å². The number of hydrogen-bond donors (Lipinski definition) is 0. The highest BCUT2D eigenvalue weighted by Gasteiger charge is 2.34. The highest BCUT2D eigenvalue weighted by atomic mass is 16.5. The summed E-state index contributed by atoms with van der Waals surface area (Å²) in [6.45, 7) is 2.82. The summed E-state index contributed by atoms with van der Waals surface area (Å²) >= 11 is 0. The van der Waals surface area contributed by atoms with Gasteiger partial charge in [0.1, 0.15) is 6.10 Å². The molecule has 0 atom stereocenters. The molecule has 1 fully saturated rings. The zero-order valence-electron chi connectivity index (χ0n) is 13.6. The number of amides is 1. The van der Waals surface area contributed by atoms with Crippen LogP contribution in [0.5, 0.6) is 5.88 Å². The van der Waals surface area contributed by atoms with Crippen LogP contribution in [-0.4, -0.2) is 48.1 Å². The number of aryl methyl sites for hydroxylation is 1. The third-order valence-corrected chi connectivity index (χ3v) is 3.85. The molecule has 0 spiro atoms. The summed E-state index contributed by atoms with van der Waals surface area (Å²) in [6, 6.07) is 12.2. The number of carbonyl (C=O) groups is 2. The van der Waals surface area contributed by atoms with Crippen LogP contribution in [0, 0.1) is 6.92 Å². The molecule has 1 aromatic heterocycles. The van der Waals surface area contributed by atoms with Gasteiger partial charge in [-0.05, 0) is 25.1 Å². The monoisotopic (exact) mass is 326 g/mol. The number of rotatable bonds is 4. The fourth-order valence-electron chi connectivity index (χ4n) is 2.56. The Morgan fingerprint density at radius 3 is 2.46 bits per heavy atom. The van der Waals surface area contributed by atoms with E-state index in [9.17, 15) is 9.59 Å². The SMILES string of the molecule is COC(=O)c1ccccc1C(=O)N1CC(Oc2cccc(C)n2)C1. The van der Waals surface area contributed by atoms with E-state index in [1.807, 2.05) is 19.1 Å². The van der Waals surface area contributed by atoms with Crippen molar-refractivity contribution < 1.29 is 19.1 Å². The van der Waals surface area contributed by atoms with E-state index in [1.165, 1.54) is 7.11 Å². The Morgan fingerprint density at radius 1 is 1.08 bits per heavy atom. The second-order valence-electron chi connectivity index (χ2n) is 5.60. The average molecular weight is 326 g/mol. The van der Waals surface area contributed by atoms with Crippen molar-refractivity contribution in [3.05, 3.63) is 59.3 Å². The normalized spacial score (nSPS) is 14.0. The summed E-state index contributed by atoms with van der Waals surface area (Å²) in [5, 5.41) is 0. The number of ether oxygens (including phenoxy) is 2. The topological polar surface area (TPSA) is 68.7 Å². The number of nitrogens with zero attached hydrogens (tertiary/aromatic N) is 2. The molecule has 2 heterocycles. The second-order valence-corrected chi connectivity index (χ2v) is 5.60. The molecule has 6 heteroatoms. The Bertz CT molecular complexity index is 769. The minimum absolute atomic E-state index is 0.0893. The molecule has 0 unspecified atom stereocenters. The predicted octanol–water partition coefficient (Wildman–Crippen LogP) is 2.08. The molecule has 0 N–H and O–H groups in total.